The van der Waals surface area contributed by atoms with Gasteiger partial charge in [-0.25, -0.2) is 0 Å². The van der Waals surface area contributed by atoms with E-state index in [2.05, 4.69) is 85.0 Å². The third kappa shape index (κ3) is 5.18. The topological polar surface area (TPSA) is 0 Å². The van der Waals surface area contributed by atoms with Gasteiger partial charge in [0.25, 0.3) is 0 Å². The fourth-order valence-corrected chi connectivity index (χ4v) is 29.3. The van der Waals surface area contributed by atoms with Crippen LogP contribution in [-0.2, 0) is 24.7 Å². The molecule has 0 unspecified atom stereocenters. The quantitative estimate of drug-likeness (QED) is 0.155. The summed E-state index contributed by atoms with van der Waals surface area (Å²) in [5.41, 5.74) is 6.07. The van der Waals surface area contributed by atoms with Gasteiger partial charge in [0.2, 0.25) is 0 Å². The zero-order chi connectivity index (χ0) is 28.2. The third-order valence-corrected chi connectivity index (χ3v) is 29.4. The summed E-state index contributed by atoms with van der Waals surface area (Å²) < 4.78 is 12.2. The number of hydrogen-bond donors (Lipinski definition) is 0. The number of allylic oxidation sites excluding steroid dienone is 4. The van der Waals surface area contributed by atoms with E-state index in [1.807, 2.05) is 0 Å². The molecule has 0 bridgehead atoms. The van der Waals surface area contributed by atoms with Crippen LogP contribution in [0.1, 0.15) is 81.8 Å². The second kappa shape index (κ2) is 12.8. The van der Waals surface area contributed by atoms with Gasteiger partial charge in [-0.1, -0.05) is 0 Å². The van der Waals surface area contributed by atoms with E-state index in [1.54, 1.807) is 17.5 Å². The first-order valence-electron chi connectivity index (χ1n) is 17.1. The molecule has 230 valence electrons. The molecule has 0 atom stereocenters. The number of fused-ring (bicyclic) bond motifs is 8. The first kappa shape index (κ1) is 32.2. The summed E-state index contributed by atoms with van der Waals surface area (Å²) in [6, 6.07) is 26.0. The molecule has 8 rings (SSSR count). The van der Waals surface area contributed by atoms with Crippen LogP contribution in [0, 0.1) is 11.8 Å². The SMILES string of the molecule is Cl.Cl.[CH2]=[Zr]([CH2]C1CCCCC1)([CH2]C1CCCCC1)([C]1=CC=CC1)[c]1cccc2c1c1c(c3ccccc32)-c2ccccc2C1. The van der Waals surface area contributed by atoms with E-state index < -0.39 is 18.3 Å². The Balaban J connectivity index is 0.00000171. The molecule has 4 aromatic rings. The Morgan fingerprint density at radius 1 is 0.659 bits per heavy atom. The molecule has 3 heteroatoms. The normalized spacial score (nSPS) is 18.9. The number of hydrogen-bond acceptors (Lipinski definition) is 0. The molecular weight excluding hydrogens is 655 g/mol. The van der Waals surface area contributed by atoms with Crippen molar-refractivity contribution in [2.45, 2.75) is 85.3 Å². The summed E-state index contributed by atoms with van der Waals surface area (Å²) >= 11 is -4.09. The van der Waals surface area contributed by atoms with E-state index in [9.17, 15) is 0 Å². The maximum absolute atomic E-state index is 5.85. The van der Waals surface area contributed by atoms with Crippen molar-refractivity contribution < 1.29 is 18.3 Å². The average molecular weight is 703 g/mol. The van der Waals surface area contributed by atoms with Crippen molar-refractivity contribution in [3.05, 3.63) is 99.4 Å². The second-order valence-corrected chi connectivity index (χ2v) is 29.1. The molecule has 0 amide bonds. The van der Waals surface area contributed by atoms with Crippen LogP contribution < -0.4 is 3.27 Å². The van der Waals surface area contributed by atoms with Crippen LogP contribution in [0.25, 0.3) is 32.7 Å². The van der Waals surface area contributed by atoms with E-state index in [0.717, 1.165) is 24.7 Å². The molecule has 0 saturated heterocycles. The molecule has 0 N–H and O–H groups in total. The van der Waals surface area contributed by atoms with Crippen LogP contribution in [-0.4, -0.2) is 4.21 Å². The van der Waals surface area contributed by atoms with E-state index >= 15 is 0 Å². The van der Waals surface area contributed by atoms with Crippen LogP contribution in [0.2, 0.25) is 8.26 Å². The van der Waals surface area contributed by atoms with Crippen molar-refractivity contribution in [3.63, 3.8) is 0 Å². The number of benzene rings is 4. The predicted molar refractivity (Wildman–Crippen MR) is 196 cm³/mol. The minimum atomic E-state index is -4.09. The Morgan fingerprint density at radius 2 is 1.27 bits per heavy atom. The Kier molecular flexibility index (Phi) is 9.34. The van der Waals surface area contributed by atoms with Crippen LogP contribution in [0.15, 0.2) is 88.2 Å². The monoisotopic (exact) mass is 700 g/mol. The van der Waals surface area contributed by atoms with Crippen LogP contribution >= 0.6 is 24.8 Å². The molecule has 44 heavy (non-hydrogen) atoms. The second-order valence-electron chi connectivity index (χ2n) is 14.6. The van der Waals surface area contributed by atoms with Crippen LogP contribution in [0.4, 0.5) is 0 Å². The molecule has 4 aliphatic rings. The molecule has 4 aliphatic carbocycles. The van der Waals surface area contributed by atoms with Crippen molar-refractivity contribution in [3.8, 4) is 11.1 Å². The molecule has 0 nitrogen and oxygen atoms in total. The Hall–Kier alpha value is -1.79. The summed E-state index contributed by atoms with van der Waals surface area (Å²) in [4.78, 5) is 0. The summed E-state index contributed by atoms with van der Waals surface area (Å²) in [5.74, 6) is 1.68. The molecule has 0 aliphatic heterocycles. The molecule has 0 heterocycles. The van der Waals surface area contributed by atoms with Gasteiger partial charge in [-0.05, 0) is 0 Å². The minimum absolute atomic E-state index is 0. The van der Waals surface area contributed by atoms with Crippen LogP contribution in [0.3, 0.4) is 0 Å². The first-order valence-corrected chi connectivity index (χ1v) is 24.8. The molecule has 4 aromatic carbocycles. The van der Waals surface area contributed by atoms with E-state index in [-0.39, 0.29) is 24.8 Å². The summed E-state index contributed by atoms with van der Waals surface area (Å²) in [6.45, 7) is 0. The Labute approximate surface area is 277 Å². The first-order chi connectivity index (χ1) is 20.6. The van der Waals surface area contributed by atoms with Crippen molar-refractivity contribution in [2.24, 2.45) is 11.8 Å². The molecule has 0 spiro atoms. The molecule has 0 radical (unpaired) electrons. The number of rotatable bonds is 6. The van der Waals surface area contributed by atoms with Crippen LogP contribution in [0.5, 0.6) is 0 Å². The predicted octanol–water partition coefficient (Wildman–Crippen LogP) is 12.0. The van der Waals surface area contributed by atoms with Gasteiger partial charge < -0.3 is 0 Å². The zero-order valence-corrected chi connectivity index (χ0v) is 30.3. The maximum atomic E-state index is 5.85. The molecule has 2 fully saturated rings. The summed E-state index contributed by atoms with van der Waals surface area (Å²) in [7, 11) is 0. The summed E-state index contributed by atoms with van der Waals surface area (Å²) in [6.07, 6.45) is 23.8. The van der Waals surface area contributed by atoms with Gasteiger partial charge in [-0.2, -0.15) is 0 Å². The van der Waals surface area contributed by atoms with Crippen molar-refractivity contribution in [1.29, 1.82) is 0 Å². The number of halogens is 2. The molecule has 0 aromatic heterocycles. The zero-order valence-electron chi connectivity index (χ0n) is 26.2. The molecular formula is C41H48Cl2Zr. The third-order valence-electron chi connectivity index (χ3n) is 12.1. The van der Waals surface area contributed by atoms with Crippen molar-refractivity contribution >= 4 is 53.8 Å². The Bertz CT molecular complexity index is 1790. The Morgan fingerprint density at radius 3 is 1.93 bits per heavy atom. The summed E-state index contributed by atoms with van der Waals surface area (Å²) in [5, 5.41) is 5.96. The van der Waals surface area contributed by atoms with Gasteiger partial charge in [0.1, 0.15) is 0 Å². The van der Waals surface area contributed by atoms with Gasteiger partial charge in [-0.15, -0.1) is 24.8 Å². The van der Waals surface area contributed by atoms with Gasteiger partial charge in [0.05, 0.1) is 0 Å². The van der Waals surface area contributed by atoms with Gasteiger partial charge in [0, 0.05) is 0 Å². The van der Waals surface area contributed by atoms with Gasteiger partial charge >= 0.3 is 255 Å². The fourth-order valence-electron chi connectivity index (χ4n) is 10.3. The van der Waals surface area contributed by atoms with Gasteiger partial charge in [0.15, 0.2) is 0 Å². The standard InChI is InChI=1S/C21H13.2C7H13.C5H5.CH2.2ClH.Zr/c1-2-8-15-14(7-1)13-20-18-11-4-3-9-16(18)17-10-5-6-12-19(17)21(15)20;2*1-7-5-3-2-4-6-7;1-2-4-5-3-1;;;;/h1-10,12H,13H2;2*7H,1-6H2;1-3H,4H2;1H2;2*1H;. The average Bonchev–Trinajstić information content (AvgIpc) is 3.72. The molecule has 2 saturated carbocycles. The van der Waals surface area contributed by atoms with E-state index in [1.165, 1.54) is 105 Å². The van der Waals surface area contributed by atoms with Crippen molar-refractivity contribution in [2.75, 3.05) is 0 Å². The van der Waals surface area contributed by atoms with Crippen molar-refractivity contribution in [1.82, 2.24) is 0 Å². The van der Waals surface area contributed by atoms with E-state index in [0.29, 0.717) is 0 Å². The fraction of sp³-hybridized carbons (Fsp3) is 0.390. The van der Waals surface area contributed by atoms with E-state index in [4.69, 9.17) is 4.21 Å². The van der Waals surface area contributed by atoms with Gasteiger partial charge in [-0.3, -0.25) is 0 Å².